The molecule has 0 bridgehead atoms. The predicted molar refractivity (Wildman–Crippen MR) is 96.3 cm³/mol. The molecule has 2 fully saturated rings. The van der Waals surface area contributed by atoms with Crippen LogP contribution in [-0.4, -0.2) is 62.6 Å². The van der Waals surface area contributed by atoms with Crippen molar-refractivity contribution in [2.24, 2.45) is 0 Å². The molecular formula is C18H26N2O5S. The Bertz CT molecular complexity index is 739. The lowest BCUT2D eigenvalue weighted by Gasteiger charge is -2.42. The van der Waals surface area contributed by atoms with Crippen LogP contribution in [0, 0.1) is 0 Å². The van der Waals surface area contributed by atoms with Crippen LogP contribution < -0.4 is 4.74 Å². The van der Waals surface area contributed by atoms with Gasteiger partial charge in [-0.2, -0.15) is 4.31 Å². The molecule has 3 rings (SSSR count). The van der Waals surface area contributed by atoms with Gasteiger partial charge in [-0.05, 0) is 30.7 Å². The maximum Gasteiger partial charge on any atom is 0.245 e. The van der Waals surface area contributed by atoms with Crippen LogP contribution in [0.1, 0.15) is 32.6 Å². The van der Waals surface area contributed by atoms with Gasteiger partial charge in [0, 0.05) is 38.9 Å². The summed E-state index contributed by atoms with van der Waals surface area (Å²) >= 11 is 0. The number of likely N-dealkylation sites (tertiary alicyclic amines) is 1. The number of piperidine rings is 1. The van der Waals surface area contributed by atoms with E-state index in [0.29, 0.717) is 51.3 Å². The van der Waals surface area contributed by atoms with Gasteiger partial charge in [0.1, 0.15) is 11.5 Å². The molecule has 1 aromatic rings. The molecule has 26 heavy (non-hydrogen) atoms. The number of amides is 1. The molecule has 1 amide bonds. The zero-order valence-electron chi connectivity index (χ0n) is 15.3. The average Bonchev–Trinajstić information content (AvgIpc) is 3.06. The van der Waals surface area contributed by atoms with E-state index in [4.69, 9.17) is 9.47 Å². The molecule has 0 N–H and O–H groups in total. The minimum atomic E-state index is -3.67. The highest BCUT2D eigenvalue weighted by Crippen LogP contribution is 2.38. The Morgan fingerprint density at radius 1 is 1.19 bits per heavy atom. The number of carbonyl (C=O) groups excluding carboxylic acids is 1. The van der Waals surface area contributed by atoms with E-state index < -0.39 is 15.7 Å². The van der Waals surface area contributed by atoms with Crippen LogP contribution in [0.2, 0.25) is 0 Å². The van der Waals surface area contributed by atoms with Crippen molar-refractivity contribution >= 4 is 15.9 Å². The maximum atomic E-state index is 13.1. The normalized spacial score (nSPS) is 20.5. The van der Waals surface area contributed by atoms with Gasteiger partial charge in [0.2, 0.25) is 15.9 Å². The minimum Gasteiger partial charge on any atom is -0.497 e. The lowest BCUT2D eigenvalue weighted by atomic mass is 10.0. The first-order chi connectivity index (χ1) is 12.4. The average molecular weight is 382 g/mol. The van der Waals surface area contributed by atoms with Gasteiger partial charge in [-0.3, -0.25) is 4.79 Å². The topological polar surface area (TPSA) is 76.2 Å². The maximum absolute atomic E-state index is 13.1. The number of ether oxygens (including phenoxy) is 2. The van der Waals surface area contributed by atoms with Crippen molar-refractivity contribution in [3.63, 3.8) is 0 Å². The third-order valence-electron chi connectivity index (χ3n) is 5.13. The van der Waals surface area contributed by atoms with Crippen LogP contribution in [0.25, 0.3) is 0 Å². The first-order valence-electron chi connectivity index (χ1n) is 9.01. The Kier molecular flexibility index (Phi) is 5.55. The van der Waals surface area contributed by atoms with E-state index in [1.807, 2.05) is 11.8 Å². The van der Waals surface area contributed by atoms with E-state index in [1.54, 1.807) is 31.4 Å². The molecule has 144 valence electrons. The molecule has 8 heteroatoms. The van der Waals surface area contributed by atoms with Crippen molar-refractivity contribution in [3.8, 4) is 5.75 Å². The van der Waals surface area contributed by atoms with E-state index in [-0.39, 0.29) is 10.8 Å². The van der Waals surface area contributed by atoms with Gasteiger partial charge in [-0.15, -0.1) is 0 Å². The summed E-state index contributed by atoms with van der Waals surface area (Å²) in [5.74, 6) is 0.740. The molecule has 2 aliphatic rings. The fourth-order valence-electron chi connectivity index (χ4n) is 3.68. The molecule has 0 aliphatic carbocycles. The number of sulfonamides is 1. The molecule has 0 aromatic heterocycles. The first kappa shape index (κ1) is 19.1. The van der Waals surface area contributed by atoms with Crippen molar-refractivity contribution in [1.29, 1.82) is 0 Å². The molecule has 0 saturated carbocycles. The van der Waals surface area contributed by atoms with Crippen LogP contribution in [-0.2, 0) is 19.6 Å². The van der Waals surface area contributed by atoms with Crippen LogP contribution in [0.3, 0.4) is 0 Å². The van der Waals surface area contributed by atoms with Crippen molar-refractivity contribution < 1.29 is 22.7 Å². The van der Waals surface area contributed by atoms with Crippen molar-refractivity contribution in [1.82, 2.24) is 9.21 Å². The lowest BCUT2D eigenvalue weighted by Crippen LogP contribution is -2.55. The summed E-state index contributed by atoms with van der Waals surface area (Å²) in [4.78, 5) is 14.1. The predicted octanol–water partition coefficient (Wildman–Crippen LogP) is 1.83. The largest absolute Gasteiger partial charge is 0.497 e. The monoisotopic (exact) mass is 382 g/mol. The van der Waals surface area contributed by atoms with E-state index in [0.717, 1.165) is 6.42 Å². The SMILES string of the molecule is CCCC(=O)N1CCC2(CC1)OCCN2S(=O)(=O)c1ccc(OC)cc1. The van der Waals surface area contributed by atoms with Crippen LogP contribution >= 0.6 is 0 Å². The van der Waals surface area contributed by atoms with Crippen molar-refractivity contribution in [2.75, 3.05) is 33.4 Å². The smallest absolute Gasteiger partial charge is 0.245 e. The van der Waals surface area contributed by atoms with Gasteiger partial charge in [0.15, 0.2) is 0 Å². The van der Waals surface area contributed by atoms with Crippen molar-refractivity contribution in [3.05, 3.63) is 24.3 Å². The fourth-order valence-corrected chi connectivity index (χ4v) is 5.40. The Labute approximate surface area is 154 Å². The molecule has 1 aromatic carbocycles. The van der Waals surface area contributed by atoms with Crippen LogP contribution in [0.15, 0.2) is 29.2 Å². The van der Waals surface area contributed by atoms with Gasteiger partial charge < -0.3 is 14.4 Å². The Balaban J connectivity index is 1.78. The zero-order chi connectivity index (χ0) is 18.8. The second-order valence-electron chi connectivity index (χ2n) is 6.68. The van der Waals surface area contributed by atoms with E-state index in [2.05, 4.69) is 0 Å². The fraction of sp³-hybridized carbons (Fsp3) is 0.611. The highest BCUT2D eigenvalue weighted by Gasteiger charge is 2.50. The third kappa shape index (κ3) is 3.45. The number of nitrogens with zero attached hydrogens (tertiary/aromatic N) is 2. The van der Waals surface area contributed by atoms with Gasteiger partial charge in [0.05, 0.1) is 18.6 Å². The van der Waals surface area contributed by atoms with Gasteiger partial charge in [0.25, 0.3) is 0 Å². The summed E-state index contributed by atoms with van der Waals surface area (Å²) in [6.07, 6.45) is 2.34. The molecule has 2 saturated heterocycles. The number of benzene rings is 1. The highest BCUT2D eigenvalue weighted by atomic mass is 32.2. The lowest BCUT2D eigenvalue weighted by molar-refractivity contribution is -0.140. The minimum absolute atomic E-state index is 0.130. The molecule has 0 radical (unpaired) electrons. The third-order valence-corrected chi connectivity index (χ3v) is 7.09. The van der Waals surface area contributed by atoms with Gasteiger partial charge in [-0.25, -0.2) is 8.42 Å². The van der Waals surface area contributed by atoms with E-state index in [9.17, 15) is 13.2 Å². The number of methoxy groups -OCH3 is 1. The summed E-state index contributed by atoms with van der Waals surface area (Å²) in [5.41, 5.74) is -0.845. The van der Waals surface area contributed by atoms with Crippen molar-refractivity contribution in [2.45, 2.75) is 43.2 Å². The summed E-state index contributed by atoms with van der Waals surface area (Å²) in [5, 5.41) is 0. The first-order valence-corrected chi connectivity index (χ1v) is 10.5. The van der Waals surface area contributed by atoms with Crippen LogP contribution in [0.4, 0.5) is 0 Å². The highest BCUT2D eigenvalue weighted by molar-refractivity contribution is 7.89. The number of rotatable bonds is 5. The second kappa shape index (κ2) is 7.54. The zero-order valence-corrected chi connectivity index (χ0v) is 16.1. The standard InChI is InChI=1S/C18H26N2O5S/c1-3-4-17(21)19-11-9-18(10-12-19)20(13-14-25-18)26(22,23)16-7-5-15(24-2)6-8-16/h5-8H,3-4,9-14H2,1-2H3. The Hall–Kier alpha value is -1.64. The van der Waals surface area contributed by atoms with E-state index in [1.165, 1.54) is 4.31 Å². The van der Waals surface area contributed by atoms with Gasteiger partial charge in [-0.1, -0.05) is 6.92 Å². The summed E-state index contributed by atoms with van der Waals surface area (Å²) in [6.45, 7) is 3.73. The number of carbonyl (C=O) groups is 1. The molecule has 0 atom stereocenters. The summed E-state index contributed by atoms with van der Waals surface area (Å²) < 4.78 is 38.8. The molecular weight excluding hydrogens is 356 g/mol. The summed E-state index contributed by atoms with van der Waals surface area (Å²) in [6, 6.07) is 6.39. The second-order valence-corrected chi connectivity index (χ2v) is 8.54. The summed E-state index contributed by atoms with van der Waals surface area (Å²) in [7, 11) is -2.13. The quantitative estimate of drug-likeness (QED) is 0.777. The van der Waals surface area contributed by atoms with E-state index >= 15 is 0 Å². The molecule has 2 aliphatic heterocycles. The molecule has 1 spiro atoms. The molecule has 7 nitrogen and oxygen atoms in total. The number of hydrogen-bond acceptors (Lipinski definition) is 5. The Morgan fingerprint density at radius 2 is 1.85 bits per heavy atom. The van der Waals surface area contributed by atoms with Gasteiger partial charge >= 0.3 is 0 Å². The Morgan fingerprint density at radius 3 is 2.42 bits per heavy atom. The molecule has 0 unspecified atom stereocenters. The number of hydrogen-bond donors (Lipinski definition) is 0. The molecule has 2 heterocycles. The van der Waals surface area contributed by atoms with Crippen LogP contribution in [0.5, 0.6) is 5.75 Å².